The third kappa shape index (κ3) is 2.90. The van der Waals surface area contributed by atoms with E-state index in [9.17, 15) is 4.79 Å². The minimum absolute atomic E-state index is 0.256. The maximum absolute atomic E-state index is 12.0. The van der Waals surface area contributed by atoms with Gasteiger partial charge in [0.2, 0.25) is 0 Å². The van der Waals surface area contributed by atoms with Crippen molar-refractivity contribution in [2.45, 2.75) is 13.3 Å². The summed E-state index contributed by atoms with van der Waals surface area (Å²) >= 11 is 0. The Morgan fingerprint density at radius 1 is 1.14 bits per heavy atom. The molecule has 0 saturated carbocycles. The van der Waals surface area contributed by atoms with E-state index in [0.29, 0.717) is 18.9 Å². The van der Waals surface area contributed by atoms with Gasteiger partial charge in [0.25, 0.3) is 0 Å². The molecule has 0 amide bonds. The molecule has 1 N–H and O–H groups in total. The van der Waals surface area contributed by atoms with E-state index < -0.39 is 0 Å². The highest BCUT2D eigenvalue weighted by Gasteiger charge is 2.11. The lowest BCUT2D eigenvalue weighted by molar-refractivity contribution is 0.340. The van der Waals surface area contributed by atoms with Gasteiger partial charge >= 0.3 is 5.69 Å². The molecule has 0 spiro atoms. The van der Waals surface area contributed by atoms with Crippen LogP contribution in [-0.4, -0.2) is 26.4 Å². The minimum Gasteiger partial charge on any atom is -0.494 e. The van der Waals surface area contributed by atoms with Gasteiger partial charge in [-0.05, 0) is 48.9 Å². The zero-order valence-corrected chi connectivity index (χ0v) is 12.2. The van der Waals surface area contributed by atoms with E-state index in [2.05, 4.69) is 15.2 Å². The Bertz CT molecular complexity index is 791. The molecule has 3 rings (SSSR count). The van der Waals surface area contributed by atoms with Crippen molar-refractivity contribution < 1.29 is 4.74 Å². The molecule has 6 heteroatoms. The highest BCUT2D eigenvalue weighted by Crippen LogP contribution is 2.16. The molecular weight excluding hydrogens is 280 g/mol. The van der Waals surface area contributed by atoms with Crippen LogP contribution in [0.15, 0.2) is 53.6 Å². The van der Waals surface area contributed by atoms with E-state index in [1.165, 1.54) is 0 Å². The van der Waals surface area contributed by atoms with E-state index in [1.807, 2.05) is 43.3 Å². The third-order valence-corrected chi connectivity index (χ3v) is 3.26. The Morgan fingerprint density at radius 3 is 2.55 bits per heavy atom. The summed E-state index contributed by atoms with van der Waals surface area (Å²) in [5.74, 6) is 1.43. The van der Waals surface area contributed by atoms with E-state index in [-0.39, 0.29) is 5.69 Å². The van der Waals surface area contributed by atoms with Crippen molar-refractivity contribution in [2.24, 2.45) is 0 Å². The number of hydrogen-bond acceptors (Lipinski definition) is 4. The lowest BCUT2D eigenvalue weighted by atomic mass is 10.2. The summed E-state index contributed by atoms with van der Waals surface area (Å²) in [6, 6.07) is 11.2. The van der Waals surface area contributed by atoms with Gasteiger partial charge in [0.05, 0.1) is 12.3 Å². The second-order valence-corrected chi connectivity index (χ2v) is 4.74. The van der Waals surface area contributed by atoms with Crippen LogP contribution in [0.5, 0.6) is 5.75 Å². The largest absolute Gasteiger partial charge is 0.494 e. The first-order valence-corrected chi connectivity index (χ1v) is 7.06. The average Bonchev–Trinajstić information content (AvgIpc) is 2.90. The molecule has 0 atom stereocenters. The maximum atomic E-state index is 12.0. The zero-order chi connectivity index (χ0) is 15.4. The number of benzene rings is 1. The molecule has 2 aromatic heterocycles. The van der Waals surface area contributed by atoms with E-state index in [0.717, 1.165) is 17.0 Å². The number of pyridine rings is 1. The first kappa shape index (κ1) is 14.1. The van der Waals surface area contributed by atoms with Crippen molar-refractivity contribution in [1.82, 2.24) is 19.7 Å². The fraction of sp³-hybridized carbons (Fsp3) is 0.188. The summed E-state index contributed by atoms with van der Waals surface area (Å²) in [6.45, 7) is 2.54. The van der Waals surface area contributed by atoms with Crippen molar-refractivity contribution in [2.75, 3.05) is 6.61 Å². The van der Waals surface area contributed by atoms with Crippen molar-refractivity contribution in [3.8, 4) is 11.4 Å². The Labute approximate surface area is 127 Å². The number of hydrogen-bond donors (Lipinski definition) is 1. The Kier molecular flexibility index (Phi) is 4.00. The number of ether oxygens (including phenoxy) is 1. The van der Waals surface area contributed by atoms with Gasteiger partial charge in [-0.1, -0.05) is 0 Å². The first-order chi connectivity index (χ1) is 10.8. The van der Waals surface area contributed by atoms with Crippen LogP contribution in [0.25, 0.3) is 5.69 Å². The third-order valence-electron chi connectivity index (χ3n) is 3.26. The SMILES string of the molecule is CCOc1ccc(-n2c(Cc3ccncc3)n[nH]c2=O)cc1. The summed E-state index contributed by atoms with van der Waals surface area (Å²) in [4.78, 5) is 16.0. The van der Waals surface area contributed by atoms with Crippen molar-refractivity contribution in [3.05, 3.63) is 70.7 Å². The molecule has 3 aromatic rings. The van der Waals surface area contributed by atoms with E-state index in [1.54, 1.807) is 17.0 Å². The zero-order valence-electron chi connectivity index (χ0n) is 12.2. The first-order valence-electron chi connectivity index (χ1n) is 7.06. The van der Waals surface area contributed by atoms with Crippen LogP contribution in [0.2, 0.25) is 0 Å². The molecule has 0 aliphatic heterocycles. The van der Waals surface area contributed by atoms with Crippen LogP contribution in [0.4, 0.5) is 0 Å². The van der Waals surface area contributed by atoms with Crippen LogP contribution in [0.3, 0.4) is 0 Å². The Morgan fingerprint density at radius 2 is 1.86 bits per heavy atom. The summed E-state index contributed by atoms with van der Waals surface area (Å²) in [5.41, 5.74) is 1.54. The second-order valence-electron chi connectivity index (χ2n) is 4.74. The molecule has 6 nitrogen and oxygen atoms in total. The van der Waals surface area contributed by atoms with Crippen LogP contribution in [0.1, 0.15) is 18.3 Å². The lowest BCUT2D eigenvalue weighted by Crippen LogP contribution is -2.17. The van der Waals surface area contributed by atoms with E-state index >= 15 is 0 Å². The number of rotatable bonds is 5. The molecule has 0 unspecified atom stereocenters. The molecule has 0 saturated heterocycles. The van der Waals surface area contributed by atoms with Crippen molar-refractivity contribution in [3.63, 3.8) is 0 Å². The molecule has 0 aliphatic carbocycles. The predicted octanol–water partition coefficient (Wildman–Crippen LogP) is 1.95. The van der Waals surface area contributed by atoms with Crippen LogP contribution < -0.4 is 10.4 Å². The number of aromatic nitrogens is 4. The van der Waals surface area contributed by atoms with Gasteiger partial charge in [-0.3, -0.25) is 4.98 Å². The highest BCUT2D eigenvalue weighted by atomic mass is 16.5. The number of aromatic amines is 1. The quantitative estimate of drug-likeness (QED) is 0.781. The van der Waals surface area contributed by atoms with Gasteiger partial charge in [0.1, 0.15) is 11.6 Å². The Hall–Kier alpha value is -2.89. The van der Waals surface area contributed by atoms with Gasteiger partial charge in [0, 0.05) is 18.8 Å². The molecule has 22 heavy (non-hydrogen) atoms. The minimum atomic E-state index is -0.256. The van der Waals surface area contributed by atoms with E-state index in [4.69, 9.17) is 4.74 Å². The fourth-order valence-corrected chi connectivity index (χ4v) is 2.26. The summed E-state index contributed by atoms with van der Waals surface area (Å²) in [6.07, 6.45) is 4.00. The monoisotopic (exact) mass is 296 g/mol. The van der Waals surface area contributed by atoms with Gasteiger partial charge in [-0.25, -0.2) is 14.5 Å². The fourth-order valence-electron chi connectivity index (χ4n) is 2.26. The number of nitrogens with zero attached hydrogens (tertiary/aromatic N) is 3. The molecule has 0 radical (unpaired) electrons. The molecule has 112 valence electrons. The number of nitrogens with one attached hydrogen (secondary N) is 1. The lowest BCUT2D eigenvalue weighted by Gasteiger charge is -2.07. The van der Waals surface area contributed by atoms with Crippen LogP contribution >= 0.6 is 0 Å². The van der Waals surface area contributed by atoms with Crippen molar-refractivity contribution >= 4 is 0 Å². The topological polar surface area (TPSA) is 72.8 Å². The normalized spacial score (nSPS) is 10.6. The summed E-state index contributed by atoms with van der Waals surface area (Å²) in [7, 11) is 0. The molecular formula is C16H16N4O2. The Balaban J connectivity index is 1.93. The maximum Gasteiger partial charge on any atom is 0.347 e. The molecule has 0 bridgehead atoms. The van der Waals surface area contributed by atoms with Crippen LogP contribution in [-0.2, 0) is 6.42 Å². The molecule has 0 aliphatic rings. The number of H-pyrrole nitrogens is 1. The van der Waals surface area contributed by atoms with Gasteiger partial charge in [-0.15, -0.1) is 0 Å². The van der Waals surface area contributed by atoms with Crippen LogP contribution in [0, 0.1) is 0 Å². The standard InChI is InChI=1S/C16H16N4O2/c1-2-22-14-5-3-13(4-6-14)20-15(18-19-16(20)21)11-12-7-9-17-10-8-12/h3-10H,2,11H2,1H3,(H,19,21). The summed E-state index contributed by atoms with van der Waals surface area (Å²) in [5, 5.41) is 6.63. The average molecular weight is 296 g/mol. The highest BCUT2D eigenvalue weighted by molar-refractivity contribution is 5.38. The second kappa shape index (κ2) is 6.26. The molecule has 1 aromatic carbocycles. The smallest absolute Gasteiger partial charge is 0.347 e. The van der Waals surface area contributed by atoms with Crippen molar-refractivity contribution in [1.29, 1.82) is 0 Å². The molecule has 2 heterocycles. The van der Waals surface area contributed by atoms with Gasteiger partial charge in [-0.2, -0.15) is 5.10 Å². The molecule has 0 fully saturated rings. The van der Waals surface area contributed by atoms with Gasteiger partial charge < -0.3 is 4.74 Å². The predicted molar refractivity (Wildman–Crippen MR) is 82.4 cm³/mol. The summed E-state index contributed by atoms with van der Waals surface area (Å²) < 4.78 is 6.98. The van der Waals surface area contributed by atoms with Gasteiger partial charge in [0.15, 0.2) is 0 Å².